The van der Waals surface area contributed by atoms with Gasteiger partial charge in [0.1, 0.15) is 38.4 Å². The number of rotatable bonds is 66. The molecule has 0 radical (unpaired) electrons. The van der Waals surface area contributed by atoms with Crippen LogP contribution >= 0.6 is 23.5 Å². The first-order chi connectivity index (χ1) is 43.3. The standard InChI is InChI=1S/C74H142N4O9S2/c1-10-15-20-35-42-51-67(52-43-36-21-16-11-2)84-61-59-77(73(82)88-62-49-57-75(6)7)65-71(80)86-68(53-44-37-22-17-12-3)56-47-40-33-31-29-27-25-26-28-30-32-34-41-48-60-85-70(79)64-78(74(83)89-63-50-58-76(8)9)66-72(81)87-69(54-45-38-23-18-13-4)55-46-39-24-19-14-5/h41,48,67-69H,10-40,42-47,49-66H2,1-9H3/b48-41-. The first kappa shape index (κ1) is 86.7. The van der Waals surface area contributed by atoms with Crippen molar-refractivity contribution in [3.05, 3.63) is 12.2 Å². The Morgan fingerprint density at radius 3 is 1.03 bits per heavy atom. The van der Waals surface area contributed by atoms with Gasteiger partial charge in [0, 0.05) is 18.1 Å². The van der Waals surface area contributed by atoms with Crippen molar-refractivity contribution in [2.45, 2.75) is 342 Å². The van der Waals surface area contributed by atoms with Crippen LogP contribution in [-0.2, 0) is 33.3 Å². The zero-order valence-corrected chi connectivity index (χ0v) is 61.2. The van der Waals surface area contributed by atoms with Crippen molar-refractivity contribution in [2.75, 3.05) is 92.2 Å². The molecule has 15 heteroatoms. The summed E-state index contributed by atoms with van der Waals surface area (Å²) in [5.74, 6) is 0.0625. The van der Waals surface area contributed by atoms with Gasteiger partial charge in [-0.2, -0.15) is 0 Å². The van der Waals surface area contributed by atoms with E-state index in [1.54, 1.807) is 4.90 Å². The van der Waals surface area contributed by atoms with Crippen molar-refractivity contribution in [1.29, 1.82) is 0 Å². The number of amides is 2. The Morgan fingerprint density at radius 1 is 0.348 bits per heavy atom. The highest BCUT2D eigenvalue weighted by molar-refractivity contribution is 8.13. The topological polar surface area (TPSA) is 135 Å². The molecule has 1 atom stereocenters. The van der Waals surface area contributed by atoms with Crippen LogP contribution in [0.5, 0.6) is 0 Å². The molecule has 0 aliphatic carbocycles. The lowest BCUT2D eigenvalue weighted by Crippen LogP contribution is -2.39. The molecule has 0 spiro atoms. The Hall–Kier alpha value is -2.33. The Balaban J connectivity index is 5.00. The summed E-state index contributed by atoms with van der Waals surface area (Å²) >= 11 is 2.46. The van der Waals surface area contributed by atoms with Gasteiger partial charge in [0.15, 0.2) is 0 Å². The minimum absolute atomic E-state index is 0.0190. The number of unbranched alkanes of at least 4 members (excludes halogenated alkanes) is 31. The van der Waals surface area contributed by atoms with Crippen molar-refractivity contribution in [3.8, 4) is 0 Å². The van der Waals surface area contributed by atoms with E-state index in [2.05, 4.69) is 64.6 Å². The van der Waals surface area contributed by atoms with Crippen molar-refractivity contribution in [1.82, 2.24) is 19.6 Å². The van der Waals surface area contributed by atoms with E-state index in [9.17, 15) is 24.0 Å². The molecular weight excluding hydrogens is 1150 g/mol. The minimum Gasteiger partial charge on any atom is -0.461 e. The molecule has 0 N–H and O–H groups in total. The van der Waals surface area contributed by atoms with Gasteiger partial charge in [0.25, 0.3) is 10.5 Å². The van der Waals surface area contributed by atoms with E-state index in [4.69, 9.17) is 18.9 Å². The van der Waals surface area contributed by atoms with Crippen LogP contribution in [0.1, 0.15) is 324 Å². The second-order valence-corrected chi connectivity index (χ2v) is 28.3. The van der Waals surface area contributed by atoms with Gasteiger partial charge in [-0.05, 0) is 131 Å². The Kier molecular flexibility index (Phi) is 64.0. The van der Waals surface area contributed by atoms with Crippen LogP contribution in [0.2, 0.25) is 0 Å². The van der Waals surface area contributed by atoms with Gasteiger partial charge < -0.3 is 38.5 Å². The number of hydrogen-bond donors (Lipinski definition) is 0. The van der Waals surface area contributed by atoms with E-state index in [0.29, 0.717) is 18.9 Å². The van der Waals surface area contributed by atoms with E-state index >= 15 is 0 Å². The number of nitrogens with zero attached hydrogens (tertiary/aromatic N) is 4. The lowest BCUT2D eigenvalue weighted by molar-refractivity contribution is -0.152. The number of thioether (sulfide) groups is 2. The number of carbonyl (C=O) groups excluding carboxylic acids is 5. The van der Waals surface area contributed by atoms with E-state index in [0.717, 1.165) is 146 Å². The first-order valence-electron chi connectivity index (χ1n) is 37.2. The Bertz CT molecular complexity index is 1630. The molecule has 0 aliphatic rings. The monoisotopic (exact) mass is 1300 g/mol. The summed E-state index contributed by atoms with van der Waals surface area (Å²) < 4.78 is 24.4. The van der Waals surface area contributed by atoms with Crippen molar-refractivity contribution in [2.24, 2.45) is 0 Å². The van der Waals surface area contributed by atoms with E-state index in [-0.39, 0.29) is 61.0 Å². The maximum atomic E-state index is 13.7. The first-order valence-corrected chi connectivity index (χ1v) is 39.2. The SMILES string of the molecule is CCCCCCCC(CCCCCCC)OCCN(CC(=O)OC(CCCCCCC)CCCCCCCCCCCCC/C=C\COC(=O)CN(CC(=O)OC(CCCCCCC)CCCCCCC)C(=O)SCCCN(C)C)C(=O)SCCCN(C)C. The minimum atomic E-state index is -0.523. The van der Waals surface area contributed by atoms with Crippen molar-refractivity contribution >= 4 is 51.9 Å². The zero-order chi connectivity index (χ0) is 65.5. The van der Waals surface area contributed by atoms with Crippen molar-refractivity contribution in [3.63, 3.8) is 0 Å². The van der Waals surface area contributed by atoms with E-state index in [1.165, 1.54) is 190 Å². The number of carbonyl (C=O) groups is 5. The number of esters is 3. The molecule has 0 aromatic carbocycles. The van der Waals surface area contributed by atoms with E-state index < -0.39 is 11.9 Å². The van der Waals surface area contributed by atoms with Gasteiger partial charge in [-0.3, -0.25) is 24.0 Å². The quantitative estimate of drug-likeness (QED) is 0.0248. The fraction of sp³-hybridized carbons (Fsp3) is 0.905. The molecule has 2 amide bonds. The van der Waals surface area contributed by atoms with Gasteiger partial charge in [0.05, 0.1) is 12.7 Å². The van der Waals surface area contributed by atoms with Gasteiger partial charge in [-0.25, -0.2) is 0 Å². The lowest BCUT2D eigenvalue weighted by atomic mass is 10.0. The largest absolute Gasteiger partial charge is 0.461 e. The van der Waals surface area contributed by atoms with Gasteiger partial charge in [0.2, 0.25) is 0 Å². The van der Waals surface area contributed by atoms with Crippen LogP contribution in [0.15, 0.2) is 12.2 Å². The van der Waals surface area contributed by atoms with Crippen LogP contribution in [-0.4, -0.2) is 158 Å². The molecule has 524 valence electrons. The van der Waals surface area contributed by atoms with Crippen LogP contribution in [0.4, 0.5) is 9.59 Å². The fourth-order valence-electron chi connectivity index (χ4n) is 11.2. The predicted octanol–water partition coefficient (Wildman–Crippen LogP) is 20.4. The van der Waals surface area contributed by atoms with Crippen LogP contribution < -0.4 is 0 Å². The molecule has 0 fully saturated rings. The highest BCUT2D eigenvalue weighted by Gasteiger charge is 2.25. The zero-order valence-electron chi connectivity index (χ0n) is 59.6. The summed E-state index contributed by atoms with van der Waals surface area (Å²) in [6.07, 6.45) is 55.0. The molecule has 89 heavy (non-hydrogen) atoms. The predicted molar refractivity (Wildman–Crippen MR) is 382 cm³/mol. The van der Waals surface area contributed by atoms with Gasteiger partial charge in [-0.1, -0.05) is 269 Å². The van der Waals surface area contributed by atoms with Gasteiger partial charge in [-0.15, -0.1) is 0 Å². The summed E-state index contributed by atoms with van der Waals surface area (Å²) in [6.45, 7) is 13.4. The summed E-state index contributed by atoms with van der Waals surface area (Å²) in [6, 6.07) is 0. The summed E-state index contributed by atoms with van der Waals surface area (Å²) in [4.78, 5) is 74.4. The summed E-state index contributed by atoms with van der Waals surface area (Å²) in [5.41, 5.74) is 0. The Morgan fingerprint density at radius 2 is 0.663 bits per heavy atom. The van der Waals surface area contributed by atoms with Crippen molar-refractivity contribution < 1.29 is 42.9 Å². The molecule has 0 aliphatic heterocycles. The summed E-state index contributed by atoms with van der Waals surface area (Å²) in [5, 5.41) is -0.351. The van der Waals surface area contributed by atoms with Crippen LogP contribution in [0.25, 0.3) is 0 Å². The molecule has 0 aromatic heterocycles. The molecule has 1 unspecified atom stereocenters. The number of allylic oxidation sites excluding steroid dienone is 1. The molecule has 0 saturated carbocycles. The van der Waals surface area contributed by atoms with Crippen LogP contribution in [0, 0.1) is 0 Å². The highest BCUT2D eigenvalue weighted by atomic mass is 32.2. The molecule has 0 saturated heterocycles. The summed E-state index contributed by atoms with van der Waals surface area (Å²) in [7, 11) is 8.11. The third-order valence-corrected chi connectivity index (χ3v) is 18.8. The second-order valence-electron chi connectivity index (χ2n) is 26.2. The van der Waals surface area contributed by atoms with Crippen LogP contribution in [0.3, 0.4) is 0 Å². The molecular formula is C74H142N4O9S2. The average molecular weight is 1300 g/mol. The molecule has 0 aromatic rings. The number of ether oxygens (including phenoxy) is 4. The Labute approximate surface area is 557 Å². The molecule has 0 heterocycles. The third-order valence-electron chi connectivity index (χ3n) is 16.8. The third kappa shape index (κ3) is 59.2. The number of hydrogen-bond acceptors (Lipinski definition) is 13. The fourth-order valence-corrected chi connectivity index (χ4v) is 12.8. The van der Waals surface area contributed by atoms with Gasteiger partial charge >= 0.3 is 17.9 Å². The average Bonchev–Trinajstić information content (AvgIpc) is 3.72. The maximum absolute atomic E-state index is 13.7. The molecule has 13 nitrogen and oxygen atoms in total. The molecule has 0 rings (SSSR count). The highest BCUT2D eigenvalue weighted by Crippen LogP contribution is 2.22. The normalized spacial score (nSPS) is 12.1. The smallest absolute Gasteiger partial charge is 0.326 e. The second kappa shape index (κ2) is 65.7. The lowest BCUT2D eigenvalue weighted by Gasteiger charge is -2.25. The van der Waals surface area contributed by atoms with E-state index in [1.807, 2.05) is 20.2 Å². The molecule has 0 bridgehead atoms. The maximum Gasteiger partial charge on any atom is 0.326 e.